The zero-order valence-corrected chi connectivity index (χ0v) is 22.2. The summed E-state index contributed by atoms with van der Waals surface area (Å²) in [5, 5.41) is 2.37. The summed E-state index contributed by atoms with van der Waals surface area (Å²) < 4.78 is 2.34. The van der Waals surface area contributed by atoms with E-state index in [2.05, 4.69) is 94.5 Å². The molecule has 0 N–H and O–H groups in total. The number of rotatable bonds is 4. The van der Waals surface area contributed by atoms with Gasteiger partial charge < -0.3 is 9.47 Å². The molecule has 1 amide bonds. The minimum absolute atomic E-state index is 0.0319. The number of carbonyl (C=O) groups excluding carboxylic acids is 1. The molecule has 0 unspecified atom stereocenters. The Morgan fingerprint density at radius 1 is 0.561 bits per heavy atom. The van der Waals surface area contributed by atoms with Crippen molar-refractivity contribution in [3.63, 3.8) is 0 Å². The Balaban J connectivity index is 1.29. The summed E-state index contributed by atoms with van der Waals surface area (Å²) in [4.78, 5) is 19.9. The molecule has 8 rings (SSSR count). The third-order valence-corrected chi connectivity index (χ3v) is 8.16. The maximum absolute atomic E-state index is 13.8. The topological polar surface area (TPSA) is 38.1 Å². The zero-order valence-electron chi connectivity index (χ0n) is 22.2. The van der Waals surface area contributed by atoms with E-state index < -0.39 is 0 Å². The zero-order chi connectivity index (χ0) is 27.3. The Bertz CT molecular complexity index is 2080. The van der Waals surface area contributed by atoms with E-state index in [1.807, 2.05) is 59.8 Å². The average molecular weight is 528 g/mol. The predicted octanol–water partition coefficient (Wildman–Crippen LogP) is 8.67. The average Bonchev–Trinajstić information content (AvgIpc) is 3.57. The van der Waals surface area contributed by atoms with Gasteiger partial charge in [-0.15, -0.1) is 0 Å². The summed E-state index contributed by atoms with van der Waals surface area (Å²) in [5.74, 6) is 0.0319. The van der Waals surface area contributed by atoms with Crippen molar-refractivity contribution in [1.82, 2.24) is 9.55 Å². The van der Waals surface area contributed by atoms with Crippen LogP contribution in [0.15, 0.2) is 140 Å². The van der Waals surface area contributed by atoms with Crippen molar-refractivity contribution in [3.8, 4) is 27.9 Å². The lowest BCUT2D eigenvalue weighted by Gasteiger charge is -2.17. The highest BCUT2D eigenvalue weighted by Crippen LogP contribution is 2.41. The van der Waals surface area contributed by atoms with Gasteiger partial charge in [-0.1, -0.05) is 84.9 Å². The third kappa shape index (κ3) is 3.69. The van der Waals surface area contributed by atoms with Gasteiger partial charge in [0.2, 0.25) is 0 Å². The highest BCUT2D eigenvalue weighted by Gasteiger charge is 2.32. The van der Waals surface area contributed by atoms with Gasteiger partial charge in [-0.05, 0) is 59.2 Å². The van der Waals surface area contributed by atoms with Crippen molar-refractivity contribution >= 4 is 33.4 Å². The molecule has 1 aliphatic rings. The van der Waals surface area contributed by atoms with Crippen LogP contribution in [0, 0.1) is 0 Å². The van der Waals surface area contributed by atoms with Gasteiger partial charge in [0.15, 0.2) is 0 Å². The van der Waals surface area contributed by atoms with Crippen molar-refractivity contribution in [2.45, 2.75) is 6.54 Å². The molecule has 4 heteroatoms. The fourth-order valence-corrected chi connectivity index (χ4v) is 6.23. The molecule has 0 fully saturated rings. The maximum atomic E-state index is 13.8. The predicted molar refractivity (Wildman–Crippen MR) is 166 cm³/mol. The molecule has 5 aromatic carbocycles. The van der Waals surface area contributed by atoms with Crippen molar-refractivity contribution in [2.24, 2.45) is 0 Å². The first-order valence-electron chi connectivity index (χ1n) is 13.8. The van der Waals surface area contributed by atoms with Gasteiger partial charge >= 0.3 is 0 Å². The van der Waals surface area contributed by atoms with E-state index in [1.165, 1.54) is 10.8 Å². The Kier molecular flexibility index (Phi) is 5.32. The second kappa shape index (κ2) is 9.32. The SMILES string of the molecule is O=C1c2cccc(-n3c4ccccc4c4cccc(-c5ccncc5)c43)c2CN1c1ccc(-c2ccccc2)cc1. The summed E-state index contributed by atoms with van der Waals surface area (Å²) >= 11 is 0. The van der Waals surface area contributed by atoms with Crippen molar-refractivity contribution < 1.29 is 4.79 Å². The molecule has 194 valence electrons. The van der Waals surface area contributed by atoms with Crippen molar-refractivity contribution in [3.05, 3.63) is 151 Å². The first-order chi connectivity index (χ1) is 20.3. The van der Waals surface area contributed by atoms with E-state index >= 15 is 0 Å². The molecule has 0 atom stereocenters. The van der Waals surface area contributed by atoms with Crippen LogP contribution in [-0.4, -0.2) is 15.5 Å². The minimum Gasteiger partial charge on any atom is -0.308 e. The molecule has 0 spiro atoms. The summed E-state index contributed by atoms with van der Waals surface area (Å²) in [7, 11) is 0. The van der Waals surface area contributed by atoms with E-state index in [0.29, 0.717) is 6.54 Å². The molecule has 0 saturated heterocycles. The Labute approximate surface area is 237 Å². The van der Waals surface area contributed by atoms with Crippen molar-refractivity contribution in [1.29, 1.82) is 0 Å². The van der Waals surface area contributed by atoms with Gasteiger partial charge in [0.05, 0.1) is 23.3 Å². The summed E-state index contributed by atoms with van der Waals surface area (Å²) in [6.07, 6.45) is 3.67. The number of anilines is 1. The highest BCUT2D eigenvalue weighted by atomic mass is 16.2. The molecule has 0 radical (unpaired) electrons. The number of aromatic nitrogens is 2. The van der Waals surface area contributed by atoms with Crippen LogP contribution in [0.3, 0.4) is 0 Å². The number of nitrogens with zero attached hydrogens (tertiary/aromatic N) is 3. The number of hydrogen-bond acceptors (Lipinski definition) is 2. The molecular weight excluding hydrogens is 502 g/mol. The fourth-order valence-electron chi connectivity index (χ4n) is 6.23. The number of pyridine rings is 1. The lowest BCUT2D eigenvalue weighted by molar-refractivity contribution is 0.0996. The van der Waals surface area contributed by atoms with Crippen LogP contribution in [0.1, 0.15) is 15.9 Å². The molecule has 7 aromatic rings. The maximum Gasteiger partial charge on any atom is 0.259 e. The van der Waals surface area contributed by atoms with Gasteiger partial charge in [0.1, 0.15) is 0 Å². The number of amides is 1. The van der Waals surface area contributed by atoms with E-state index in [9.17, 15) is 4.79 Å². The van der Waals surface area contributed by atoms with Crippen LogP contribution in [-0.2, 0) is 6.54 Å². The fraction of sp³-hybridized carbons (Fsp3) is 0.0270. The van der Waals surface area contributed by atoms with Gasteiger partial charge in [0.25, 0.3) is 5.91 Å². The van der Waals surface area contributed by atoms with Crippen LogP contribution in [0.2, 0.25) is 0 Å². The van der Waals surface area contributed by atoms with Crippen LogP contribution in [0.25, 0.3) is 49.7 Å². The number of fused-ring (bicyclic) bond motifs is 4. The van der Waals surface area contributed by atoms with Crippen LogP contribution < -0.4 is 4.90 Å². The third-order valence-electron chi connectivity index (χ3n) is 8.16. The largest absolute Gasteiger partial charge is 0.308 e. The summed E-state index contributed by atoms with van der Waals surface area (Å²) in [5.41, 5.74) is 10.5. The number of para-hydroxylation sites is 2. The summed E-state index contributed by atoms with van der Waals surface area (Å²) in [6.45, 7) is 0.514. The molecule has 1 aliphatic heterocycles. The standard InChI is InChI=1S/C37H25N3O/c41-37-32-13-7-15-35(33(32)24-39(37)28-18-16-26(17-19-28)25-8-2-1-3-9-25)40-34-14-5-4-10-30(34)31-12-6-11-29(36(31)40)27-20-22-38-23-21-27/h1-23H,24H2. The van der Waals surface area contributed by atoms with Gasteiger partial charge in [0, 0.05) is 45.5 Å². The van der Waals surface area contributed by atoms with E-state index in [-0.39, 0.29) is 5.91 Å². The molecule has 41 heavy (non-hydrogen) atoms. The Morgan fingerprint density at radius 2 is 1.24 bits per heavy atom. The van der Waals surface area contributed by atoms with E-state index in [0.717, 1.165) is 55.8 Å². The number of carbonyl (C=O) groups is 1. The molecule has 4 nitrogen and oxygen atoms in total. The second-order valence-corrected chi connectivity index (χ2v) is 10.4. The molecule has 0 bridgehead atoms. The summed E-state index contributed by atoms with van der Waals surface area (Å²) in [6, 6.07) is 43.8. The van der Waals surface area contributed by atoms with Gasteiger partial charge in [-0.25, -0.2) is 0 Å². The number of benzene rings is 5. The van der Waals surface area contributed by atoms with Crippen LogP contribution >= 0.6 is 0 Å². The van der Waals surface area contributed by atoms with Crippen LogP contribution in [0.4, 0.5) is 5.69 Å². The lowest BCUT2D eigenvalue weighted by atomic mass is 10.0. The number of hydrogen-bond donors (Lipinski definition) is 0. The van der Waals surface area contributed by atoms with Gasteiger partial charge in [-0.3, -0.25) is 9.78 Å². The minimum atomic E-state index is 0.0319. The monoisotopic (exact) mass is 527 g/mol. The Morgan fingerprint density at radius 3 is 2.07 bits per heavy atom. The molecule has 0 saturated carbocycles. The quantitative estimate of drug-likeness (QED) is 0.230. The first kappa shape index (κ1) is 23.4. The lowest BCUT2D eigenvalue weighted by Crippen LogP contribution is -2.22. The molecule has 2 aromatic heterocycles. The van der Waals surface area contributed by atoms with Gasteiger partial charge in [-0.2, -0.15) is 0 Å². The van der Waals surface area contributed by atoms with E-state index in [1.54, 1.807) is 0 Å². The first-order valence-corrected chi connectivity index (χ1v) is 13.8. The Hall–Kier alpha value is -5.48. The smallest absolute Gasteiger partial charge is 0.259 e. The van der Waals surface area contributed by atoms with Crippen LogP contribution in [0.5, 0.6) is 0 Å². The second-order valence-electron chi connectivity index (χ2n) is 10.4. The highest BCUT2D eigenvalue weighted by molar-refractivity contribution is 6.15. The normalized spacial score (nSPS) is 12.8. The molecule has 3 heterocycles. The molecular formula is C37H25N3O. The molecule has 0 aliphatic carbocycles. The van der Waals surface area contributed by atoms with Crippen molar-refractivity contribution in [2.75, 3.05) is 4.90 Å². The van der Waals surface area contributed by atoms with E-state index in [4.69, 9.17) is 0 Å².